The van der Waals surface area contributed by atoms with Crippen molar-refractivity contribution >= 4 is 5.69 Å². The highest BCUT2D eigenvalue weighted by atomic mass is 16.3. The molecule has 1 aliphatic heterocycles. The fourth-order valence-electron chi connectivity index (χ4n) is 3.51. The predicted molar refractivity (Wildman–Crippen MR) is 80.9 cm³/mol. The van der Waals surface area contributed by atoms with E-state index in [-0.39, 0.29) is 6.10 Å². The van der Waals surface area contributed by atoms with Crippen molar-refractivity contribution in [3.8, 4) is 0 Å². The second-order valence-electron chi connectivity index (χ2n) is 6.15. The minimum absolute atomic E-state index is 0.0850. The molecule has 1 aromatic rings. The van der Waals surface area contributed by atoms with Crippen LogP contribution in [0.1, 0.15) is 38.5 Å². The van der Waals surface area contributed by atoms with E-state index in [1.165, 1.54) is 24.9 Å². The molecule has 2 unspecified atom stereocenters. The number of hydrogen-bond acceptors (Lipinski definition) is 4. The molecule has 1 saturated carbocycles. The lowest BCUT2D eigenvalue weighted by Gasteiger charge is -2.37. The molecule has 1 aliphatic carbocycles. The third-order valence-corrected chi connectivity index (χ3v) is 4.64. The molecule has 1 saturated heterocycles. The van der Waals surface area contributed by atoms with Gasteiger partial charge in [0.2, 0.25) is 0 Å². The summed E-state index contributed by atoms with van der Waals surface area (Å²) in [5.74, 6) is 0. The van der Waals surface area contributed by atoms with Gasteiger partial charge in [-0.2, -0.15) is 0 Å². The van der Waals surface area contributed by atoms with Crippen LogP contribution in [0.25, 0.3) is 0 Å². The zero-order chi connectivity index (χ0) is 13.8. The number of pyridine rings is 1. The summed E-state index contributed by atoms with van der Waals surface area (Å²) in [6.07, 6.45) is 10.3. The fourth-order valence-corrected chi connectivity index (χ4v) is 3.51. The number of aromatic nitrogens is 1. The highest BCUT2D eigenvalue weighted by molar-refractivity contribution is 5.44. The van der Waals surface area contributed by atoms with Crippen LogP contribution in [-0.2, 0) is 0 Å². The molecule has 2 atom stereocenters. The quantitative estimate of drug-likeness (QED) is 0.885. The fraction of sp³-hybridized carbons (Fsp3) is 0.688. The molecule has 4 nitrogen and oxygen atoms in total. The van der Waals surface area contributed by atoms with Crippen molar-refractivity contribution in [1.29, 1.82) is 0 Å². The van der Waals surface area contributed by atoms with E-state index in [0.29, 0.717) is 12.1 Å². The van der Waals surface area contributed by atoms with Gasteiger partial charge in [-0.15, -0.1) is 0 Å². The first kappa shape index (κ1) is 13.8. The van der Waals surface area contributed by atoms with Crippen LogP contribution < -0.4 is 10.2 Å². The topological polar surface area (TPSA) is 48.4 Å². The largest absolute Gasteiger partial charge is 0.393 e. The van der Waals surface area contributed by atoms with Gasteiger partial charge in [0.05, 0.1) is 6.10 Å². The van der Waals surface area contributed by atoms with Gasteiger partial charge in [0.1, 0.15) is 0 Å². The van der Waals surface area contributed by atoms with Crippen LogP contribution in [0.3, 0.4) is 0 Å². The minimum atomic E-state index is -0.0850. The number of nitrogens with zero attached hydrogens (tertiary/aromatic N) is 2. The van der Waals surface area contributed by atoms with Gasteiger partial charge < -0.3 is 15.3 Å². The number of piperidine rings is 1. The lowest BCUT2D eigenvalue weighted by atomic mass is 9.91. The highest BCUT2D eigenvalue weighted by Gasteiger charge is 2.25. The Hall–Kier alpha value is -1.13. The van der Waals surface area contributed by atoms with Crippen LogP contribution in [0.5, 0.6) is 0 Å². The Morgan fingerprint density at radius 2 is 1.80 bits per heavy atom. The van der Waals surface area contributed by atoms with Crippen LogP contribution in [0.15, 0.2) is 24.5 Å². The molecule has 2 aliphatic rings. The third kappa shape index (κ3) is 3.49. The van der Waals surface area contributed by atoms with Gasteiger partial charge in [-0.1, -0.05) is 0 Å². The molecule has 2 heterocycles. The Kier molecular flexibility index (Phi) is 4.53. The average Bonchev–Trinajstić information content (AvgIpc) is 2.49. The summed E-state index contributed by atoms with van der Waals surface area (Å²) < 4.78 is 0. The maximum Gasteiger partial charge on any atom is 0.0555 e. The van der Waals surface area contributed by atoms with Crippen molar-refractivity contribution in [2.24, 2.45) is 0 Å². The zero-order valence-corrected chi connectivity index (χ0v) is 12.0. The van der Waals surface area contributed by atoms with Gasteiger partial charge in [0.15, 0.2) is 0 Å². The summed E-state index contributed by atoms with van der Waals surface area (Å²) in [7, 11) is 0. The van der Waals surface area contributed by atoms with E-state index in [4.69, 9.17) is 0 Å². The van der Waals surface area contributed by atoms with E-state index in [2.05, 4.69) is 27.3 Å². The van der Waals surface area contributed by atoms with Crippen molar-refractivity contribution in [2.75, 3.05) is 18.0 Å². The molecule has 0 radical (unpaired) electrons. The number of nitrogens with one attached hydrogen (secondary N) is 1. The first-order valence-electron chi connectivity index (χ1n) is 7.90. The van der Waals surface area contributed by atoms with E-state index in [1.807, 2.05) is 12.4 Å². The second kappa shape index (κ2) is 6.55. The summed E-state index contributed by atoms with van der Waals surface area (Å²) in [5, 5.41) is 13.5. The van der Waals surface area contributed by atoms with Gasteiger partial charge in [-0.3, -0.25) is 4.98 Å². The summed E-state index contributed by atoms with van der Waals surface area (Å²) in [5.41, 5.74) is 1.28. The highest BCUT2D eigenvalue weighted by Crippen LogP contribution is 2.22. The average molecular weight is 275 g/mol. The number of aliphatic hydroxyl groups excluding tert-OH is 1. The zero-order valence-electron chi connectivity index (χ0n) is 12.0. The molecular weight excluding hydrogens is 250 g/mol. The van der Waals surface area contributed by atoms with Crippen LogP contribution in [0.4, 0.5) is 5.69 Å². The van der Waals surface area contributed by atoms with E-state index in [1.54, 1.807) is 0 Å². The summed E-state index contributed by atoms with van der Waals surface area (Å²) in [6, 6.07) is 5.32. The first-order chi connectivity index (χ1) is 9.81. The monoisotopic (exact) mass is 275 g/mol. The normalized spacial score (nSPS) is 28.6. The SMILES string of the molecule is OC1CCCC(NC2CCN(c3ccncc3)CC2)C1. The van der Waals surface area contributed by atoms with Crippen molar-refractivity contribution in [2.45, 2.75) is 56.7 Å². The lowest BCUT2D eigenvalue weighted by Crippen LogP contribution is -2.48. The number of hydrogen-bond donors (Lipinski definition) is 2. The van der Waals surface area contributed by atoms with E-state index in [0.717, 1.165) is 32.4 Å². The molecule has 1 aromatic heterocycles. The number of aliphatic hydroxyl groups is 1. The van der Waals surface area contributed by atoms with E-state index in [9.17, 15) is 5.11 Å². The Balaban J connectivity index is 1.46. The summed E-state index contributed by atoms with van der Waals surface area (Å²) >= 11 is 0. The Morgan fingerprint density at radius 1 is 1.05 bits per heavy atom. The third-order valence-electron chi connectivity index (χ3n) is 4.64. The molecule has 4 heteroatoms. The molecular formula is C16H25N3O. The molecule has 2 N–H and O–H groups in total. The molecule has 110 valence electrons. The van der Waals surface area contributed by atoms with E-state index < -0.39 is 0 Å². The maximum atomic E-state index is 9.75. The van der Waals surface area contributed by atoms with Gasteiger partial charge >= 0.3 is 0 Å². The number of rotatable bonds is 3. The Bertz CT molecular complexity index is 403. The standard InChI is InChI=1S/C16H25N3O/c20-16-3-1-2-14(12-16)18-13-6-10-19(11-7-13)15-4-8-17-9-5-15/h4-5,8-9,13-14,16,18,20H,1-3,6-7,10-12H2. The molecule has 20 heavy (non-hydrogen) atoms. The van der Waals surface area contributed by atoms with E-state index >= 15 is 0 Å². The van der Waals surface area contributed by atoms with Crippen molar-refractivity contribution in [3.63, 3.8) is 0 Å². The summed E-state index contributed by atoms with van der Waals surface area (Å²) in [6.45, 7) is 2.22. The maximum absolute atomic E-state index is 9.75. The molecule has 0 spiro atoms. The van der Waals surface area contributed by atoms with Crippen molar-refractivity contribution in [1.82, 2.24) is 10.3 Å². The molecule has 2 fully saturated rings. The molecule has 0 amide bonds. The smallest absolute Gasteiger partial charge is 0.0555 e. The van der Waals surface area contributed by atoms with Crippen LogP contribution in [-0.4, -0.2) is 41.4 Å². The van der Waals surface area contributed by atoms with Crippen molar-refractivity contribution < 1.29 is 5.11 Å². The van der Waals surface area contributed by atoms with Gasteiger partial charge in [0, 0.05) is 43.3 Å². The molecule has 0 aromatic carbocycles. The van der Waals surface area contributed by atoms with Crippen molar-refractivity contribution in [3.05, 3.63) is 24.5 Å². The number of anilines is 1. The van der Waals surface area contributed by atoms with Gasteiger partial charge in [-0.05, 0) is 50.7 Å². The van der Waals surface area contributed by atoms with Crippen LogP contribution in [0.2, 0.25) is 0 Å². The van der Waals surface area contributed by atoms with Crippen LogP contribution in [0, 0.1) is 0 Å². The van der Waals surface area contributed by atoms with Gasteiger partial charge in [-0.25, -0.2) is 0 Å². The van der Waals surface area contributed by atoms with Gasteiger partial charge in [0.25, 0.3) is 0 Å². The minimum Gasteiger partial charge on any atom is -0.393 e. The predicted octanol–water partition coefficient (Wildman–Crippen LogP) is 1.94. The second-order valence-corrected chi connectivity index (χ2v) is 6.15. The summed E-state index contributed by atoms with van der Waals surface area (Å²) in [4.78, 5) is 6.52. The molecule has 3 rings (SSSR count). The Labute approximate surface area is 121 Å². The molecule has 0 bridgehead atoms. The first-order valence-corrected chi connectivity index (χ1v) is 7.90. The van der Waals surface area contributed by atoms with Crippen LogP contribution >= 0.6 is 0 Å². The lowest BCUT2D eigenvalue weighted by molar-refractivity contribution is 0.107. The Morgan fingerprint density at radius 3 is 2.50 bits per heavy atom.